The van der Waals surface area contributed by atoms with E-state index in [1.165, 1.54) is 0 Å². The smallest absolute Gasteiger partial charge is 0.335 e. The molecule has 0 bridgehead atoms. The first-order chi connectivity index (χ1) is 10.0. The number of benzene rings is 1. The lowest BCUT2D eigenvalue weighted by molar-refractivity contribution is 0.0697. The van der Waals surface area contributed by atoms with Crippen LogP contribution in [-0.4, -0.2) is 25.8 Å². The highest BCUT2D eigenvalue weighted by molar-refractivity contribution is 5.93. The number of fused-ring (bicyclic) bond motifs is 1. The van der Waals surface area contributed by atoms with Crippen molar-refractivity contribution in [2.75, 3.05) is 0 Å². The molecule has 1 aromatic carbocycles. The van der Waals surface area contributed by atoms with E-state index in [-0.39, 0.29) is 11.5 Å². The van der Waals surface area contributed by atoms with E-state index in [4.69, 9.17) is 9.63 Å². The van der Waals surface area contributed by atoms with Crippen molar-refractivity contribution in [1.82, 2.24) is 14.7 Å². The van der Waals surface area contributed by atoms with Gasteiger partial charge in [0.05, 0.1) is 12.1 Å². The van der Waals surface area contributed by atoms with Crippen molar-refractivity contribution in [1.29, 1.82) is 0 Å². The molecule has 1 N–H and O–H groups in total. The average molecular weight is 285 g/mol. The molecule has 3 rings (SSSR count). The molecule has 108 valence electrons. The summed E-state index contributed by atoms with van der Waals surface area (Å²) in [6, 6.07) is 6.98. The fraction of sp³-hybridized carbons (Fsp3) is 0.267. The molecule has 0 unspecified atom stereocenters. The molecule has 0 aliphatic heterocycles. The number of carboxylic acids is 1. The van der Waals surface area contributed by atoms with Crippen LogP contribution in [-0.2, 0) is 6.54 Å². The van der Waals surface area contributed by atoms with Crippen molar-refractivity contribution >= 4 is 16.9 Å². The third kappa shape index (κ3) is 2.52. The maximum Gasteiger partial charge on any atom is 0.335 e. The molecule has 2 aromatic heterocycles. The van der Waals surface area contributed by atoms with Crippen molar-refractivity contribution in [3.8, 4) is 0 Å². The van der Waals surface area contributed by atoms with Gasteiger partial charge in [0.15, 0.2) is 5.82 Å². The molecule has 2 heterocycles. The Morgan fingerprint density at radius 3 is 2.86 bits per heavy atom. The Bertz CT molecular complexity index is 801. The van der Waals surface area contributed by atoms with Crippen molar-refractivity contribution in [3.05, 3.63) is 47.7 Å². The summed E-state index contributed by atoms with van der Waals surface area (Å²) in [5.74, 6) is 0.433. The highest BCUT2D eigenvalue weighted by Gasteiger charge is 2.12. The summed E-state index contributed by atoms with van der Waals surface area (Å²) >= 11 is 0. The number of nitrogens with zero attached hydrogens (tertiary/aromatic N) is 3. The molecule has 21 heavy (non-hydrogen) atoms. The van der Waals surface area contributed by atoms with Crippen LogP contribution in [0.4, 0.5) is 0 Å². The number of hydrogen-bond acceptors (Lipinski definition) is 4. The summed E-state index contributed by atoms with van der Waals surface area (Å²) in [4.78, 5) is 15.4. The van der Waals surface area contributed by atoms with Crippen LogP contribution in [0.5, 0.6) is 0 Å². The second kappa shape index (κ2) is 5.05. The van der Waals surface area contributed by atoms with Gasteiger partial charge in [0, 0.05) is 17.6 Å². The molecule has 0 saturated heterocycles. The minimum Gasteiger partial charge on any atom is -0.478 e. The van der Waals surface area contributed by atoms with Crippen molar-refractivity contribution in [2.24, 2.45) is 0 Å². The SMILES string of the molecule is CC(C)c1nc(Cn2ccc3ccc(C(=O)O)cc32)no1. The van der Waals surface area contributed by atoms with Crippen LogP contribution in [0.15, 0.2) is 35.0 Å². The fourth-order valence-corrected chi connectivity index (χ4v) is 2.17. The van der Waals surface area contributed by atoms with Gasteiger partial charge < -0.3 is 14.2 Å². The normalized spacial score (nSPS) is 11.4. The highest BCUT2D eigenvalue weighted by Crippen LogP contribution is 2.19. The summed E-state index contributed by atoms with van der Waals surface area (Å²) < 4.78 is 7.09. The van der Waals surface area contributed by atoms with E-state index in [1.54, 1.807) is 18.2 Å². The Labute approximate surface area is 121 Å². The van der Waals surface area contributed by atoms with E-state index in [1.807, 2.05) is 30.7 Å². The Kier molecular flexibility index (Phi) is 3.21. The molecular formula is C15H15N3O3. The van der Waals surface area contributed by atoms with E-state index in [2.05, 4.69) is 10.1 Å². The van der Waals surface area contributed by atoms with Gasteiger partial charge in [-0.2, -0.15) is 4.98 Å². The second-order valence-electron chi connectivity index (χ2n) is 5.23. The molecule has 6 nitrogen and oxygen atoms in total. The van der Waals surface area contributed by atoms with E-state index in [9.17, 15) is 4.79 Å². The number of carboxylic acid groups (broad SMARTS) is 1. The Hall–Kier alpha value is -2.63. The van der Waals surface area contributed by atoms with Gasteiger partial charge in [0.25, 0.3) is 0 Å². The first-order valence-electron chi connectivity index (χ1n) is 6.69. The van der Waals surface area contributed by atoms with E-state index in [0.29, 0.717) is 18.3 Å². The van der Waals surface area contributed by atoms with Gasteiger partial charge in [-0.1, -0.05) is 25.1 Å². The molecule has 0 amide bonds. The van der Waals surface area contributed by atoms with Gasteiger partial charge in [-0.15, -0.1) is 0 Å². The molecule has 6 heteroatoms. The first-order valence-corrected chi connectivity index (χ1v) is 6.69. The van der Waals surface area contributed by atoms with Gasteiger partial charge in [-0.25, -0.2) is 4.79 Å². The Morgan fingerprint density at radius 2 is 2.19 bits per heavy atom. The van der Waals surface area contributed by atoms with Crippen molar-refractivity contribution in [2.45, 2.75) is 26.3 Å². The fourth-order valence-electron chi connectivity index (χ4n) is 2.17. The van der Waals surface area contributed by atoms with Gasteiger partial charge in [0.1, 0.15) is 0 Å². The molecule has 0 atom stereocenters. The summed E-state index contributed by atoms with van der Waals surface area (Å²) in [7, 11) is 0. The van der Waals surface area contributed by atoms with Crippen LogP contribution in [0.1, 0.15) is 41.8 Å². The Balaban J connectivity index is 1.95. The minimum absolute atomic E-state index is 0.186. The predicted molar refractivity (Wildman–Crippen MR) is 76.4 cm³/mol. The molecule has 3 aromatic rings. The zero-order valence-electron chi connectivity index (χ0n) is 11.8. The lowest BCUT2D eigenvalue weighted by Gasteiger charge is -2.02. The van der Waals surface area contributed by atoms with Crippen LogP contribution in [0.25, 0.3) is 10.9 Å². The number of hydrogen-bond donors (Lipinski definition) is 1. The molecule has 0 aliphatic carbocycles. The maximum absolute atomic E-state index is 11.1. The van der Waals surface area contributed by atoms with Crippen LogP contribution >= 0.6 is 0 Å². The number of carbonyl (C=O) groups is 1. The monoisotopic (exact) mass is 285 g/mol. The van der Waals surface area contributed by atoms with Crippen LogP contribution in [0, 0.1) is 0 Å². The highest BCUT2D eigenvalue weighted by atomic mass is 16.5. The van der Waals surface area contributed by atoms with E-state index < -0.39 is 5.97 Å². The van der Waals surface area contributed by atoms with Crippen molar-refractivity contribution < 1.29 is 14.4 Å². The largest absolute Gasteiger partial charge is 0.478 e. The maximum atomic E-state index is 11.1. The lowest BCUT2D eigenvalue weighted by atomic mass is 10.1. The van der Waals surface area contributed by atoms with Crippen LogP contribution in [0.2, 0.25) is 0 Å². The summed E-state index contributed by atoms with van der Waals surface area (Å²) in [5, 5.41) is 14.0. The number of aromatic nitrogens is 3. The molecule has 0 aliphatic rings. The summed E-state index contributed by atoms with van der Waals surface area (Å²) in [5.41, 5.74) is 1.10. The standard InChI is InChI=1S/C15H15N3O3/c1-9(2)14-16-13(17-21-14)8-18-6-5-10-3-4-11(15(19)20)7-12(10)18/h3-7,9H,8H2,1-2H3,(H,19,20). The first kappa shape index (κ1) is 13.4. The number of rotatable bonds is 4. The Morgan fingerprint density at radius 1 is 1.38 bits per heavy atom. The van der Waals surface area contributed by atoms with Crippen molar-refractivity contribution in [3.63, 3.8) is 0 Å². The molecule has 0 fully saturated rings. The van der Waals surface area contributed by atoms with Crippen LogP contribution in [0.3, 0.4) is 0 Å². The van der Waals surface area contributed by atoms with Gasteiger partial charge >= 0.3 is 5.97 Å². The third-order valence-electron chi connectivity index (χ3n) is 3.31. The van der Waals surface area contributed by atoms with E-state index in [0.717, 1.165) is 10.9 Å². The molecule has 0 saturated carbocycles. The third-order valence-corrected chi connectivity index (χ3v) is 3.31. The van der Waals surface area contributed by atoms with Crippen LogP contribution < -0.4 is 0 Å². The average Bonchev–Trinajstić information content (AvgIpc) is 3.06. The van der Waals surface area contributed by atoms with Gasteiger partial charge in [0.2, 0.25) is 5.89 Å². The second-order valence-corrected chi connectivity index (χ2v) is 5.23. The zero-order chi connectivity index (χ0) is 15.0. The topological polar surface area (TPSA) is 81.2 Å². The predicted octanol–water partition coefficient (Wildman–Crippen LogP) is 2.89. The van der Waals surface area contributed by atoms with Gasteiger partial charge in [-0.05, 0) is 23.6 Å². The summed E-state index contributed by atoms with van der Waals surface area (Å²) in [6.07, 6.45) is 1.89. The van der Waals surface area contributed by atoms with E-state index >= 15 is 0 Å². The quantitative estimate of drug-likeness (QED) is 0.797. The molecule has 0 radical (unpaired) electrons. The van der Waals surface area contributed by atoms with Gasteiger partial charge in [-0.3, -0.25) is 0 Å². The molecular weight excluding hydrogens is 270 g/mol. The minimum atomic E-state index is -0.939. The molecule has 0 spiro atoms. The lowest BCUT2D eigenvalue weighted by Crippen LogP contribution is -2.02. The number of aromatic carboxylic acids is 1. The zero-order valence-corrected chi connectivity index (χ0v) is 11.8. The summed E-state index contributed by atoms with van der Waals surface area (Å²) in [6.45, 7) is 4.42.